The number of piperidine rings is 1. The predicted octanol–water partition coefficient (Wildman–Crippen LogP) is 2.97. The van der Waals surface area contributed by atoms with Gasteiger partial charge in [-0.05, 0) is 30.0 Å². The van der Waals surface area contributed by atoms with Crippen molar-refractivity contribution in [2.45, 2.75) is 26.3 Å². The maximum atomic E-state index is 12.7. The van der Waals surface area contributed by atoms with Crippen LogP contribution in [0.5, 0.6) is 5.75 Å². The summed E-state index contributed by atoms with van der Waals surface area (Å²) in [4.78, 5) is 16.7. The van der Waals surface area contributed by atoms with E-state index in [2.05, 4.69) is 18.7 Å². The minimum Gasteiger partial charge on any atom is -0.490 e. The molecule has 1 saturated heterocycles. The zero-order valence-corrected chi connectivity index (χ0v) is 16.9. The van der Waals surface area contributed by atoms with Gasteiger partial charge in [0.25, 0.3) is 0 Å². The molecule has 2 heterocycles. The van der Waals surface area contributed by atoms with Crippen molar-refractivity contribution in [3.8, 4) is 5.75 Å². The maximum Gasteiger partial charge on any atom is 0.242 e. The number of amides is 1. The predicted molar refractivity (Wildman–Crippen MR) is 107 cm³/mol. The van der Waals surface area contributed by atoms with E-state index in [1.165, 1.54) is 0 Å². The molecule has 8 heteroatoms. The normalized spacial score (nSPS) is 21.4. The van der Waals surface area contributed by atoms with Crippen LogP contribution in [0, 0.1) is 5.41 Å². The van der Waals surface area contributed by atoms with Crippen molar-refractivity contribution in [3.05, 3.63) is 23.2 Å². The number of fused-ring (bicyclic) bond motifs is 1. The van der Waals surface area contributed by atoms with Gasteiger partial charge in [-0.15, -0.1) is 24.8 Å². The van der Waals surface area contributed by atoms with Crippen molar-refractivity contribution >= 4 is 48.0 Å². The lowest BCUT2D eigenvalue weighted by Gasteiger charge is -2.43. The van der Waals surface area contributed by atoms with E-state index < -0.39 is 0 Å². The molecule has 25 heavy (non-hydrogen) atoms. The Bertz CT molecular complexity index is 613. The van der Waals surface area contributed by atoms with Crippen LogP contribution in [0.2, 0.25) is 5.02 Å². The molecule has 1 amide bonds. The zero-order chi connectivity index (χ0) is 16.6. The summed E-state index contributed by atoms with van der Waals surface area (Å²) in [5.41, 5.74) is 7.01. The molecule has 1 aromatic carbocycles. The molecule has 0 aromatic heterocycles. The Morgan fingerprint density at radius 2 is 2.08 bits per heavy atom. The van der Waals surface area contributed by atoms with Gasteiger partial charge < -0.3 is 20.3 Å². The summed E-state index contributed by atoms with van der Waals surface area (Å²) >= 11 is 6.09. The minimum absolute atomic E-state index is 0. The standard InChI is InChI=1S/C17H24ClN3O2.2ClH/c1-17(2)11-21(6-5-15(17)19)16(22)10-20-7-8-23-14-4-3-12(18)9-13(14)20;;/h3-4,9,15H,5-8,10-11,19H2,1-2H3;2*1H. The topological polar surface area (TPSA) is 58.8 Å². The quantitative estimate of drug-likeness (QED) is 0.814. The van der Waals surface area contributed by atoms with Crippen molar-refractivity contribution in [1.29, 1.82) is 0 Å². The van der Waals surface area contributed by atoms with Gasteiger partial charge in [-0.3, -0.25) is 4.79 Å². The number of halogens is 3. The third-order valence-corrected chi connectivity index (χ3v) is 5.11. The number of carbonyl (C=O) groups is 1. The Balaban J connectivity index is 0.00000156. The van der Waals surface area contributed by atoms with E-state index in [9.17, 15) is 4.79 Å². The van der Waals surface area contributed by atoms with Gasteiger partial charge in [0.05, 0.1) is 18.8 Å². The Kier molecular flexibility index (Phi) is 7.69. The van der Waals surface area contributed by atoms with Gasteiger partial charge in [-0.2, -0.15) is 0 Å². The van der Waals surface area contributed by atoms with E-state index in [1.54, 1.807) is 6.07 Å². The van der Waals surface area contributed by atoms with Crippen LogP contribution in [0.15, 0.2) is 18.2 Å². The van der Waals surface area contributed by atoms with Gasteiger partial charge in [0.15, 0.2) is 0 Å². The highest BCUT2D eigenvalue weighted by atomic mass is 35.5. The highest BCUT2D eigenvalue weighted by Crippen LogP contribution is 2.34. The molecule has 2 aliphatic rings. The average molecular weight is 411 g/mol. The first-order valence-electron chi connectivity index (χ1n) is 8.07. The third kappa shape index (κ3) is 4.85. The second-order valence-electron chi connectivity index (χ2n) is 7.08. The lowest BCUT2D eigenvalue weighted by molar-refractivity contribution is -0.133. The summed E-state index contributed by atoms with van der Waals surface area (Å²) in [6, 6.07) is 5.67. The Labute approximate surface area is 166 Å². The number of anilines is 1. The average Bonchev–Trinajstić information content (AvgIpc) is 2.50. The SMILES string of the molecule is CC1(C)CN(C(=O)CN2CCOc3ccc(Cl)cc32)CCC1N.Cl.Cl. The van der Waals surface area contributed by atoms with Crippen molar-refractivity contribution in [1.82, 2.24) is 4.90 Å². The summed E-state index contributed by atoms with van der Waals surface area (Å²) < 4.78 is 5.64. The molecule has 5 nitrogen and oxygen atoms in total. The van der Waals surface area contributed by atoms with Gasteiger partial charge in [0, 0.05) is 24.2 Å². The molecule has 1 unspecified atom stereocenters. The Morgan fingerprint density at radius 3 is 2.76 bits per heavy atom. The smallest absolute Gasteiger partial charge is 0.242 e. The fourth-order valence-corrected chi connectivity index (χ4v) is 3.43. The van der Waals surface area contributed by atoms with Gasteiger partial charge in [-0.25, -0.2) is 0 Å². The van der Waals surface area contributed by atoms with E-state index in [1.807, 2.05) is 17.0 Å². The van der Waals surface area contributed by atoms with E-state index in [-0.39, 0.29) is 42.2 Å². The van der Waals surface area contributed by atoms with Crippen LogP contribution in [0.3, 0.4) is 0 Å². The molecular formula is C17H26Cl3N3O2. The number of hydrogen-bond acceptors (Lipinski definition) is 4. The lowest BCUT2D eigenvalue weighted by atomic mass is 9.79. The number of carbonyl (C=O) groups excluding carboxylic acids is 1. The molecule has 0 radical (unpaired) electrons. The maximum absolute atomic E-state index is 12.7. The highest BCUT2D eigenvalue weighted by Gasteiger charge is 2.35. The van der Waals surface area contributed by atoms with Crippen molar-refractivity contribution in [2.24, 2.45) is 11.1 Å². The van der Waals surface area contributed by atoms with Gasteiger partial charge in [0.1, 0.15) is 12.4 Å². The van der Waals surface area contributed by atoms with Crippen LogP contribution in [0.4, 0.5) is 5.69 Å². The molecule has 1 atom stereocenters. The lowest BCUT2D eigenvalue weighted by Crippen LogP contribution is -2.55. The van der Waals surface area contributed by atoms with E-state index in [4.69, 9.17) is 22.1 Å². The Hall–Kier alpha value is -0.880. The second kappa shape index (κ2) is 8.67. The van der Waals surface area contributed by atoms with Crippen LogP contribution in [-0.2, 0) is 4.79 Å². The molecule has 0 saturated carbocycles. The van der Waals surface area contributed by atoms with Crippen LogP contribution < -0.4 is 15.4 Å². The molecule has 1 aromatic rings. The highest BCUT2D eigenvalue weighted by molar-refractivity contribution is 6.31. The molecule has 1 fully saturated rings. The fraction of sp³-hybridized carbons (Fsp3) is 0.588. The number of nitrogens with zero attached hydrogens (tertiary/aromatic N) is 2. The van der Waals surface area contributed by atoms with Crippen LogP contribution in [0.1, 0.15) is 20.3 Å². The second-order valence-corrected chi connectivity index (χ2v) is 7.52. The summed E-state index contributed by atoms with van der Waals surface area (Å²) in [6.07, 6.45) is 0.851. The van der Waals surface area contributed by atoms with Crippen LogP contribution in [-0.4, -0.2) is 49.6 Å². The van der Waals surface area contributed by atoms with E-state index in [0.717, 1.165) is 24.4 Å². The van der Waals surface area contributed by atoms with E-state index >= 15 is 0 Å². The van der Waals surface area contributed by atoms with Gasteiger partial charge in [0.2, 0.25) is 5.91 Å². The molecule has 3 rings (SSSR count). The van der Waals surface area contributed by atoms with Crippen LogP contribution in [0.25, 0.3) is 0 Å². The zero-order valence-electron chi connectivity index (χ0n) is 14.5. The monoisotopic (exact) mass is 409 g/mol. The first kappa shape index (κ1) is 22.2. The van der Waals surface area contributed by atoms with Crippen molar-refractivity contribution in [3.63, 3.8) is 0 Å². The minimum atomic E-state index is -0.0415. The first-order valence-corrected chi connectivity index (χ1v) is 8.45. The molecule has 142 valence electrons. The molecule has 0 aliphatic carbocycles. The van der Waals surface area contributed by atoms with Gasteiger partial charge >= 0.3 is 0 Å². The summed E-state index contributed by atoms with van der Waals surface area (Å²) in [6.45, 7) is 7.31. The summed E-state index contributed by atoms with van der Waals surface area (Å²) in [7, 11) is 0. The largest absolute Gasteiger partial charge is 0.490 e. The first-order chi connectivity index (χ1) is 10.9. The Morgan fingerprint density at radius 1 is 1.36 bits per heavy atom. The number of likely N-dealkylation sites (tertiary alicyclic amines) is 1. The van der Waals surface area contributed by atoms with Crippen molar-refractivity contribution < 1.29 is 9.53 Å². The third-order valence-electron chi connectivity index (χ3n) is 4.87. The molecule has 2 N–H and O–H groups in total. The molecule has 2 aliphatic heterocycles. The molecule has 0 bridgehead atoms. The van der Waals surface area contributed by atoms with E-state index in [0.29, 0.717) is 31.3 Å². The summed E-state index contributed by atoms with van der Waals surface area (Å²) in [5, 5.41) is 0.650. The number of nitrogens with two attached hydrogens (primary N) is 1. The molecular weight excluding hydrogens is 385 g/mol. The number of benzene rings is 1. The van der Waals surface area contributed by atoms with Crippen molar-refractivity contribution in [2.75, 3.05) is 37.7 Å². The van der Waals surface area contributed by atoms with Gasteiger partial charge in [-0.1, -0.05) is 25.4 Å². The number of rotatable bonds is 2. The number of ether oxygens (including phenoxy) is 1. The number of hydrogen-bond donors (Lipinski definition) is 1. The van der Waals surface area contributed by atoms with Crippen LogP contribution >= 0.6 is 36.4 Å². The molecule has 0 spiro atoms. The fourth-order valence-electron chi connectivity index (χ4n) is 3.26. The summed E-state index contributed by atoms with van der Waals surface area (Å²) in [5.74, 6) is 0.923.